The van der Waals surface area contributed by atoms with Gasteiger partial charge in [-0.05, 0) is 48.9 Å². The number of carbonyl (C=O) groups is 1. The van der Waals surface area contributed by atoms with E-state index in [9.17, 15) is 14.9 Å². The summed E-state index contributed by atoms with van der Waals surface area (Å²) in [6.45, 7) is 0.0174. The molecule has 1 saturated carbocycles. The number of benzene rings is 2. The van der Waals surface area contributed by atoms with E-state index in [1.165, 1.54) is 24.2 Å². The maximum absolute atomic E-state index is 13.5. The zero-order valence-corrected chi connectivity index (χ0v) is 18.0. The first-order valence-corrected chi connectivity index (χ1v) is 11.4. The lowest BCUT2D eigenvalue weighted by Gasteiger charge is -2.30. The van der Waals surface area contributed by atoms with Crippen LogP contribution >= 0.6 is 11.8 Å². The number of aliphatic imine (C=N–C) groups is 1. The molecule has 0 radical (unpaired) electrons. The van der Waals surface area contributed by atoms with Crippen molar-refractivity contribution in [2.24, 2.45) is 4.99 Å². The van der Waals surface area contributed by atoms with Crippen molar-refractivity contribution < 1.29 is 19.2 Å². The number of hydrogen-bond donors (Lipinski definition) is 0. The second-order valence-electron chi connectivity index (χ2n) is 7.83. The third kappa shape index (κ3) is 3.95. The maximum Gasteiger partial charge on any atom is 0.280 e. The minimum atomic E-state index is -0.476. The van der Waals surface area contributed by atoms with Gasteiger partial charge in [0.2, 0.25) is 6.79 Å². The van der Waals surface area contributed by atoms with Crippen LogP contribution in [0.15, 0.2) is 52.4 Å². The highest BCUT2D eigenvalue weighted by Gasteiger charge is 2.39. The molecule has 0 unspecified atom stereocenters. The Balaban J connectivity index is 1.55. The van der Waals surface area contributed by atoms with Gasteiger partial charge in [0.05, 0.1) is 27.1 Å². The highest BCUT2D eigenvalue weighted by molar-refractivity contribution is 8.18. The molecule has 2 heterocycles. The molecule has 1 amide bonds. The monoisotopic (exact) mass is 451 g/mol. The molecule has 2 aliphatic heterocycles. The molecule has 1 aliphatic carbocycles. The fourth-order valence-electron chi connectivity index (χ4n) is 4.20. The molecule has 9 heteroatoms. The Bertz CT molecular complexity index is 1130. The predicted octanol–water partition coefficient (Wildman–Crippen LogP) is 5.26. The normalized spacial score (nSPS) is 21.0. The van der Waals surface area contributed by atoms with Crippen molar-refractivity contribution in [2.75, 3.05) is 6.79 Å². The Kier molecular flexibility index (Phi) is 5.57. The Labute approximate surface area is 189 Å². The SMILES string of the molecule is O=C1/C(=C/c2cc3c(cc2[N+](=O)[O-])OCO3)SC(=Nc2ccccc2)N1C1CCCCC1. The summed E-state index contributed by atoms with van der Waals surface area (Å²) in [6.07, 6.45) is 6.74. The molecule has 1 saturated heterocycles. The number of para-hydroxylation sites is 1. The number of ether oxygens (including phenoxy) is 2. The van der Waals surface area contributed by atoms with Crippen molar-refractivity contribution >= 4 is 40.3 Å². The van der Waals surface area contributed by atoms with Gasteiger partial charge in [0, 0.05) is 6.04 Å². The number of rotatable bonds is 4. The van der Waals surface area contributed by atoms with Crippen molar-refractivity contribution in [1.82, 2.24) is 4.90 Å². The molecule has 2 fully saturated rings. The molecule has 0 aromatic heterocycles. The molecular formula is C23H21N3O5S. The van der Waals surface area contributed by atoms with Crippen LogP contribution in [-0.2, 0) is 4.79 Å². The highest BCUT2D eigenvalue weighted by Crippen LogP contribution is 2.42. The van der Waals surface area contributed by atoms with Crippen molar-refractivity contribution in [2.45, 2.75) is 38.1 Å². The van der Waals surface area contributed by atoms with Crippen LogP contribution in [-0.4, -0.2) is 33.7 Å². The smallest absolute Gasteiger partial charge is 0.280 e. The van der Waals surface area contributed by atoms with E-state index in [1.54, 1.807) is 17.0 Å². The summed E-state index contributed by atoms with van der Waals surface area (Å²) < 4.78 is 10.6. The number of hydrogen-bond acceptors (Lipinski definition) is 7. The summed E-state index contributed by atoms with van der Waals surface area (Å²) in [5, 5.41) is 12.3. The average Bonchev–Trinajstić information content (AvgIpc) is 3.38. The van der Waals surface area contributed by atoms with Crippen molar-refractivity contribution in [3.05, 3.63) is 63.0 Å². The van der Waals surface area contributed by atoms with Crippen LogP contribution in [0.3, 0.4) is 0 Å². The van der Waals surface area contributed by atoms with Crippen LogP contribution in [0.1, 0.15) is 37.7 Å². The topological polar surface area (TPSA) is 94.3 Å². The van der Waals surface area contributed by atoms with E-state index in [-0.39, 0.29) is 24.4 Å². The molecule has 0 N–H and O–H groups in total. The number of nitro benzene ring substituents is 1. The van der Waals surface area contributed by atoms with E-state index >= 15 is 0 Å². The molecule has 5 rings (SSSR count). The molecular weight excluding hydrogens is 430 g/mol. The second kappa shape index (κ2) is 8.66. The highest BCUT2D eigenvalue weighted by atomic mass is 32.2. The van der Waals surface area contributed by atoms with E-state index < -0.39 is 4.92 Å². The first-order valence-electron chi connectivity index (χ1n) is 10.5. The minimum absolute atomic E-state index is 0.0174. The number of amidine groups is 1. The second-order valence-corrected chi connectivity index (χ2v) is 8.84. The Morgan fingerprint density at radius 3 is 2.53 bits per heavy atom. The fraction of sp³-hybridized carbons (Fsp3) is 0.304. The fourth-order valence-corrected chi connectivity index (χ4v) is 5.25. The summed E-state index contributed by atoms with van der Waals surface area (Å²) in [5.41, 5.74) is 0.936. The van der Waals surface area contributed by atoms with Crippen molar-refractivity contribution in [1.29, 1.82) is 0 Å². The van der Waals surface area contributed by atoms with Gasteiger partial charge in [0.15, 0.2) is 16.7 Å². The third-order valence-corrected chi connectivity index (χ3v) is 6.75. The number of carbonyl (C=O) groups excluding carboxylic acids is 1. The third-order valence-electron chi connectivity index (χ3n) is 5.76. The first kappa shape index (κ1) is 20.6. The molecule has 2 aromatic carbocycles. The zero-order chi connectivity index (χ0) is 22.1. The molecule has 32 heavy (non-hydrogen) atoms. The summed E-state index contributed by atoms with van der Waals surface area (Å²) >= 11 is 1.26. The number of fused-ring (bicyclic) bond motifs is 1. The standard InChI is InChI=1S/C23H21N3O5S/c27-22-21(12-15-11-19-20(31-14-30-19)13-18(15)26(28)29)32-23(24-16-7-3-1-4-8-16)25(22)17-9-5-2-6-10-17/h1,3-4,7-8,11-13,17H,2,5-6,9-10,14H2/b21-12-,24-23?. The molecule has 8 nitrogen and oxygen atoms in total. The van der Waals surface area contributed by atoms with E-state index in [0.29, 0.717) is 27.1 Å². The lowest BCUT2D eigenvalue weighted by molar-refractivity contribution is -0.385. The number of amides is 1. The predicted molar refractivity (Wildman–Crippen MR) is 122 cm³/mol. The summed E-state index contributed by atoms with van der Waals surface area (Å²) in [7, 11) is 0. The maximum atomic E-state index is 13.5. The summed E-state index contributed by atoms with van der Waals surface area (Å²) in [5.74, 6) is 0.600. The minimum Gasteiger partial charge on any atom is -0.454 e. The molecule has 0 bridgehead atoms. The van der Waals surface area contributed by atoms with Crippen LogP contribution in [0.2, 0.25) is 0 Å². The van der Waals surface area contributed by atoms with Gasteiger partial charge in [-0.2, -0.15) is 0 Å². The van der Waals surface area contributed by atoms with Gasteiger partial charge >= 0.3 is 0 Å². The van der Waals surface area contributed by atoms with E-state index in [0.717, 1.165) is 31.4 Å². The summed E-state index contributed by atoms with van der Waals surface area (Å²) in [6, 6.07) is 12.5. The first-order chi connectivity index (χ1) is 15.6. The van der Waals surface area contributed by atoms with Gasteiger partial charge < -0.3 is 9.47 Å². The Morgan fingerprint density at radius 1 is 1.09 bits per heavy atom. The van der Waals surface area contributed by atoms with Gasteiger partial charge in [-0.15, -0.1) is 0 Å². The van der Waals surface area contributed by atoms with Crippen molar-refractivity contribution in [3.63, 3.8) is 0 Å². The van der Waals surface area contributed by atoms with E-state index in [4.69, 9.17) is 14.5 Å². The zero-order valence-electron chi connectivity index (χ0n) is 17.2. The number of nitrogens with zero attached hydrogens (tertiary/aromatic N) is 3. The van der Waals surface area contributed by atoms with Crippen LogP contribution in [0.4, 0.5) is 11.4 Å². The van der Waals surface area contributed by atoms with Crippen LogP contribution < -0.4 is 9.47 Å². The largest absolute Gasteiger partial charge is 0.454 e. The van der Waals surface area contributed by atoms with Crippen LogP contribution in [0.25, 0.3) is 6.08 Å². The Morgan fingerprint density at radius 2 is 1.81 bits per heavy atom. The molecule has 0 atom stereocenters. The van der Waals surface area contributed by atoms with Crippen molar-refractivity contribution in [3.8, 4) is 11.5 Å². The number of thioether (sulfide) groups is 1. The molecule has 2 aromatic rings. The van der Waals surface area contributed by atoms with Gasteiger partial charge in [-0.3, -0.25) is 19.8 Å². The van der Waals surface area contributed by atoms with Gasteiger partial charge in [0.25, 0.3) is 11.6 Å². The van der Waals surface area contributed by atoms with E-state index in [2.05, 4.69) is 0 Å². The van der Waals surface area contributed by atoms with Crippen LogP contribution in [0, 0.1) is 10.1 Å². The lowest BCUT2D eigenvalue weighted by atomic mass is 9.94. The Hall–Kier alpha value is -3.33. The molecule has 0 spiro atoms. The number of nitro groups is 1. The molecule has 164 valence electrons. The van der Waals surface area contributed by atoms with Gasteiger partial charge in [-0.1, -0.05) is 37.5 Å². The van der Waals surface area contributed by atoms with Crippen LogP contribution in [0.5, 0.6) is 11.5 Å². The van der Waals surface area contributed by atoms with Gasteiger partial charge in [0.1, 0.15) is 0 Å². The van der Waals surface area contributed by atoms with E-state index in [1.807, 2.05) is 30.3 Å². The quantitative estimate of drug-likeness (QED) is 0.358. The molecule has 3 aliphatic rings. The lowest BCUT2D eigenvalue weighted by Crippen LogP contribution is -2.40. The van der Waals surface area contributed by atoms with Gasteiger partial charge in [-0.25, -0.2) is 4.99 Å². The average molecular weight is 452 g/mol. The summed E-state index contributed by atoms with van der Waals surface area (Å²) in [4.78, 5) is 31.6.